The summed E-state index contributed by atoms with van der Waals surface area (Å²) in [5, 5.41) is 7.77. The number of rotatable bonds is 4. The number of nitrogens with zero attached hydrogens (tertiary/aromatic N) is 3. The van der Waals surface area contributed by atoms with Gasteiger partial charge in [0.15, 0.2) is 0 Å². The minimum absolute atomic E-state index is 0.128. The van der Waals surface area contributed by atoms with E-state index in [-0.39, 0.29) is 5.41 Å². The molecule has 4 aromatic heterocycles. The second kappa shape index (κ2) is 11.9. The predicted molar refractivity (Wildman–Crippen MR) is 260 cm³/mol. The molecule has 4 heterocycles. The lowest BCUT2D eigenvalue weighted by molar-refractivity contribution is 0.660. The van der Waals surface area contributed by atoms with Gasteiger partial charge < -0.3 is 13.7 Å². The first-order chi connectivity index (χ1) is 30.0. The van der Waals surface area contributed by atoms with Crippen molar-refractivity contribution in [3.63, 3.8) is 0 Å². The van der Waals surface area contributed by atoms with Crippen molar-refractivity contribution in [2.45, 2.75) is 19.3 Å². The second-order valence-corrected chi connectivity index (χ2v) is 18.4. The maximum Gasteiger partial charge on any atom is 0.0789 e. The van der Waals surface area contributed by atoms with Gasteiger partial charge in [0.2, 0.25) is 0 Å². The molecular formula is C57H37N3S. The highest BCUT2D eigenvalue weighted by molar-refractivity contribution is 7.26. The Bertz CT molecular complexity index is 3970. The summed E-state index contributed by atoms with van der Waals surface area (Å²) in [5.41, 5.74) is 18.5. The van der Waals surface area contributed by atoms with Crippen molar-refractivity contribution in [3.05, 3.63) is 199 Å². The summed E-state index contributed by atoms with van der Waals surface area (Å²) in [6.45, 7) is 4.74. The first kappa shape index (κ1) is 33.4. The quantitative estimate of drug-likeness (QED) is 0.162. The molecule has 1 aliphatic carbocycles. The zero-order valence-corrected chi connectivity index (χ0v) is 34.5. The fourth-order valence-electron chi connectivity index (χ4n) is 11.1. The van der Waals surface area contributed by atoms with E-state index in [4.69, 9.17) is 0 Å². The third kappa shape index (κ3) is 4.37. The molecule has 3 nitrogen and oxygen atoms in total. The minimum Gasteiger partial charge on any atom is -0.310 e. The lowest BCUT2D eigenvalue weighted by atomic mass is 9.82. The summed E-state index contributed by atoms with van der Waals surface area (Å²) >= 11 is 1.89. The van der Waals surface area contributed by atoms with Gasteiger partial charge in [-0.1, -0.05) is 141 Å². The Balaban J connectivity index is 1.03. The van der Waals surface area contributed by atoms with Crippen LogP contribution in [0.3, 0.4) is 0 Å². The summed E-state index contributed by atoms with van der Waals surface area (Å²) in [5.74, 6) is 0. The molecule has 0 radical (unpaired) electrons. The molecule has 9 aromatic carbocycles. The van der Waals surface area contributed by atoms with Gasteiger partial charge in [0.1, 0.15) is 0 Å². The van der Waals surface area contributed by atoms with Crippen LogP contribution in [-0.2, 0) is 5.41 Å². The molecule has 0 spiro atoms. The number of hydrogen-bond acceptors (Lipinski definition) is 2. The maximum absolute atomic E-state index is 2.53. The predicted octanol–water partition coefficient (Wildman–Crippen LogP) is 16.1. The van der Waals surface area contributed by atoms with E-state index in [0.717, 1.165) is 17.1 Å². The van der Waals surface area contributed by atoms with Crippen LogP contribution in [0.5, 0.6) is 0 Å². The highest BCUT2D eigenvalue weighted by atomic mass is 32.1. The Morgan fingerprint density at radius 1 is 0.393 bits per heavy atom. The summed E-state index contributed by atoms with van der Waals surface area (Å²) in [7, 11) is 0. The molecule has 0 atom stereocenters. The van der Waals surface area contributed by atoms with Crippen molar-refractivity contribution in [1.82, 2.24) is 8.80 Å². The van der Waals surface area contributed by atoms with E-state index in [9.17, 15) is 0 Å². The summed E-state index contributed by atoms with van der Waals surface area (Å²) < 4.78 is 7.69. The molecule has 0 saturated carbocycles. The molecule has 286 valence electrons. The fourth-order valence-corrected chi connectivity index (χ4v) is 12.3. The van der Waals surface area contributed by atoms with Gasteiger partial charge in [0.25, 0.3) is 0 Å². The fraction of sp³-hybridized carbons (Fsp3) is 0.0526. The first-order valence-corrected chi connectivity index (χ1v) is 22.0. The van der Waals surface area contributed by atoms with Gasteiger partial charge in [-0.25, -0.2) is 0 Å². The zero-order chi connectivity index (χ0) is 40.1. The third-order valence-corrected chi connectivity index (χ3v) is 15.1. The van der Waals surface area contributed by atoms with Crippen molar-refractivity contribution >= 4 is 103 Å². The lowest BCUT2D eigenvalue weighted by Gasteiger charge is -2.28. The summed E-state index contributed by atoms with van der Waals surface area (Å²) in [6.07, 6.45) is 0. The van der Waals surface area contributed by atoms with Crippen LogP contribution in [0.15, 0.2) is 188 Å². The van der Waals surface area contributed by atoms with Gasteiger partial charge in [-0.2, -0.15) is 0 Å². The average Bonchev–Trinajstić information content (AvgIpc) is 4.02. The number of anilines is 3. The Morgan fingerprint density at radius 3 is 1.74 bits per heavy atom. The van der Waals surface area contributed by atoms with E-state index in [1.807, 2.05) is 11.3 Å². The van der Waals surface area contributed by atoms with E-state index < -0.39 is 0 Å². The molecule has 1 aliphatic rings. The molecule has 0 amide bonds. The Morgan fingerprint density at radius 2 is 0.967 bits per heavy atom. The van der Waals surface area contributed by atoms with Gasteiger partial charge >= 0.3 is 0 Å². The molecule has 14 rings (SSSR count). The monoisotopic (exact) mass is 795 g/mol. The standard InChI is InChI=1S/C57H37N3S/c1-57(2)47-18-7-3-12-39(47)40-28-26-36(32-48(40)57)58(35-24-22-34(23-25-35)38-16-11-17-46-43-15-6-10-21-53(43)61-56(38)46)37-27-31-51-52(33-37)60-50-20-9-5-14-42(50)45-30-29-44-41-13-4-8-19-49(41)59(51)54(44)55(45)60/h3-33H,1-2H3. The lowest BCUT2D eigenvalue weighted by Crippen LogP contribution is -2.16. The van der Waals surface area contributed by atoms with Crippen LogP contribution in [0.1, 0.15) is 25.0 Å². The van der Waals surface area contributed by atoms with Crippen molar-refractivity contribution in [2.24, 2.45) is 0 Å². The van der Waals surface area contributed by atoms with Crippen molar-refractivity contribution in [3.8, 4) is 22.3 Å². The number of aromatic nitrogens is 2. The average molecular weight is 796 g/mol. The van der Waals surface area contributed by atoms with Crippen LogP contribution < -0.4 is 4.90 Å². The maximum atomic E-state index is 2.53. The number of hydrogen-bond donors (Lipinski definition) is 0. The van der Waals surface area contributed by atoms with E-state index in [1.54, 1.807) is 0 Å². The number of fused-ring (bicyclic) bond motifs is 15. The number of benzene rings is 9. The molecule has 4 heteroatoms. The Labute approximate surface area is 355 Å². The van der Waals surface area contributed by atoms with Crippen LogP contribution >= 0.6 is 11.3 Å². The topological polar surface area (TPSA) is 12.1 Å². The molecule has 0 saturated heterocycles. The normalized spacial score (nSPS) is 13.5. The second-order valence-electron chi connectivity index (χ2n) is 17.3. The number of thiophene rings is 1. The highest BCUT2D eigenvalue weighted by Crippen LogP contribution is 2.51. The van der Waals surface area contributed by atoms with Crippen LogP contribution in [0, 0.1) is 0 Å². The van der Waals surface area contributed by atoms with E-state index in [2.05, 4.69) is 216 Å². The Hall–Kier alpha value is -7.40. The molecule has 0 aliphatic heterocycles. The van der Waals surface area contributed by atoms with Gasteiger partial charge in [0.05, 0.1) is 33.1 Å². The number of para-hydroxylation sites is 2. The molecule has 0 bridgehead atoms. The van der Waals surface area contributed by atoms with Crippen molar-refractivity contribution in [1.29, 1.82) is 0 Å². The van der Waals surface area contributed by atoms with E-state index >= 15 is 0 Å². The van der Waals surface area contributed by atoms with Gasteiger partial charge in [0, 0.05) is 64.2 Å². The largest absolute Gasteiger partial charge is 0.310 e. The molecule has 61 heavy (non-hydrogen) atoms. The molecular weight excluding hydrogens is 759 g/mol. The summed E-state index contributed by atoms with van der Waals surface area (Å²) in [6, 6.07) is 70.3. The van der Waals surface area contributed by atoms with Gasteiger partial charge in [-0.3, -0.25) is 0 Å². The van der Waals surface area contributed by atoms with E-state index in [0.29, 0.717) is 0 Å². The van der Waals surface area contributed by atoms with Crippen molar-refractivity contribution < 1.29 is 0 Å². The molecule has 13 aromatic rings. The minimum atomic E-state index is -0.128. The SMILES string of the molecule is CC1(C)c2ccccc2-c2ccc(N(c3ccc(-c4cccc5c4sc4ccccc45)cc3)c3ccc4c(c3)n3c5ccccc5c5ccc6c7ccccc7n4c6c53)cc21. The first-order valence-electron chi connectivity index (χ1n) is 21.2. The van der Waals surface area contributed by atoms with Gasteiger partial charge in [-0.15, -0.1) is 11.3 Å². The van der Waals surface area contributed by atoms with E-state index in [1.165, 1.54) is 108 Å². The smallest absolute Gasteiger partial charge is 0.0789 e. The highest BCUT2D eigenvalue weighted by Gasteiger charge is 2.36. The van der Waals surface area contributed by atoms with Crippen molar-refractivity contribution in [2.75, 3.05) is 4.90 Å². The van der Waals surface area contributed by atoms with Crippen LogP contribution in [-0.4, -0.2) is 8.80 Å². The van der Waals surface area contributed by atoms with Crippen LogP contribution in [0.4, 0.5) is 17.1 Å². The zero-order valence-electron chi connectivity index (χ0n) is 33.6. The van der Waals surface area contributed by atoms with Crippen LogP contribution in [0.25, 0.3) is 97.1 Å². The summed E-state index contributed by atoms with van der Waals surface area (Å²) in [4.78, 5) is 2.47. The van der Waals surface area contributed by atoms with Gasteiger partial charge in [-0.05, 0) is 94.0 Å². The molecule has 0 unspecified atom stereocenters. The van der Waals surface area contributed by atoms with Crippen LogP contribution in [0.2, 0.25) is 0 Å². The Kier molecular flexibility index (Phi) is 6.51. The molecule has 0 fully saturated rings. The third-order valence-electron chi connectivity index (χ3n) is 13.8. The molecule has 0 N–H and O–H groups in total.